The summed E-state index contributed by atoms with van der Waals surface area (Å²) < 4.78 is 0. The molecule has 0 aromatic heterocycles. The van der Waals surface area contributed by atoms with Gasteiger partial charge in [0.25, 0.3) is 0 Å². The molecule has 0 bridgehead atoms. The molecule has 2 nitrogen and oxygen atoms in total. The fourth-order valence-corrected chi connectivity index (χ4v) is 1.23. The molecule has 3 heteroatoms. The summed E-state index contributed by atoms with van der Waals surface area (Å²) in [5.74, 6) is 2.20. The first-order valence-corrected chi connectivity index (χ1v) is 4.41. The van der Waals surface area contributed by atoms with Crippen molar-refractivity contribution in [2.24, 2.45) is 5.73 Å². The van der Waals surface area contributed by atoms with Gasteiger partial charge in [-0.3, -0.25) is 0 Å². The van der Waals surface area contributed by atoms with Crippen LogP contribution in [-0.2, 0) is 0 Å². The van der Waals surface area contributed by atoms with E-state index < -0.39 is 0 Å². The molecule has 0 fully saturated rings. The highest BCUT2D eigenvalue weighted by atomic mass is 32.2. The third kappa shape index (κ3) is 6.15. The highest BCUT2D eigenvalue weighted by Crippen LogP contribution is 2.01. The maximum Gasteiger partial charge on any atom is 0.0582 e. The van der Waals surface area contributed by atoms with E-state index in [1.54, 1.807) is 0 Å². The Morgan fingerprint density at radius 2 is 2.33 bits per heavy atom. The summed E-state index contributed by atoms with van der Waals surface area (Å²) >= 11 is 1.86. The summed E-state index contributed by atoms with van der Waals surface area (Å²) in [5.41, 5.74) is 5.45. The maximum absolute atomic E-state index is 8.50. The molecule has 0 spiro atoms. The quantitative estimate of drug-likeness (QED) is 0.558. The molecular weight excluding hydrogens is 134 g/mol. The molecule has 0 saturated carbocycles. The van der Waals surface area contributed by atoms with Crippen molar-refractivity contribution < 1.29 is 5.11 Å². The highest BCUT2D eigenvalue weighted by molar-refractivity contribution is 7.99. The zero-order chi connectivity index (χ0) is 7.11. The largest absolute Gasteiger partial charge is 0.395 e. The van der Waals surface area contributed by atoms with E-state index in [1.165, 1.54) is 0 Å². The molecule has 0 aromatic rings. The first-order valence-electron chi connectivity index (χ1n) is 3.25. The summed E-state index contributed by atoms with van der Waals surface area (Å²) in [6.45, 7) is 2.24. The van der Waals surface area contributed by atoms with Crippen molar-refractivity contribution >= 4 is 11.8 Å². The average molecular weight is 149 g/mol. The van der Waals surface area contributed by atoms with Gasteiger partial charge in [-0.05, 0) is 17.9 Å². The standard InChI is InChI=1S/C6H15NOS/c1-2-9-4-3-6(7)5-8/h6,8H,2-5,7H2,1H3/t6-/m0/s1. The smallest absolute Gasteiger partial charge is 0.0582 e. The average Bonchev–Trinajstić information content (AvgIpc) is 1.89. The summed E-state index contributed by atoms with van der Waals surface area (Å²) in [4.78, 5) is 0. The normalized spacial score (nSPS) is 13.7. The van der Waals surface area contributed by atoms with E-state index in [0.717, 1.165) is 17.9 Å². The Kier molecular flexibility index (Phi) is 6.58. The molecule has 1 atom stereocenters. The molecule has 9 heavy (non-hydrogen) atoms. The van der Waals surface area contributed by atoms with E-state index in [1.807, 2.05) is 11.8 Å². The summed E-state index contributed by atoms with van der Waals surface area (Å²) in [6, 6.07) is -0.0101. The summed E-state index contributed by atoms with van der Waals surface area (Å²) in [7, 11) is 0. The van der Waals surface area contributed by atoms with Crippen LogP contribution < -0.4 is 5.73 Å². The van der Waals surface area contributed by atoms with Gasteiger partial charge >= 0.3 is 0 Å². The lowest BCUT2D eigenvalue weighted by Crippen LogP contribution is -2.24. The Bertz CT molecular complexity index is 61.0. The Morgan fingerprint density at radius 3 is 2.78 bits per heavy atom. The highest BCUT2D eigenvalue weighted by Gasteiger charge is 1.97. The lowest BCUT2D eigenvalue weighted by Gasteiger charge is -2.05. The molecule has 0 aliphatic heterocycles. The zero-order valence-electron chi connectivity index (χ0n) is 5.84. The van der Waals surface area contributed by atoms with Gasteiger partial charge in [-0.15, -0.1) is 0 Å². The van der Waals surface area contributed by atoms with Crippen LogP contribution in [0.3, 0.4) is 0 Å². The second kappa shape index (κ2) is 6.39. The van der Waals surface area contributed by atoms with Crippen molar-refractivity contribution in [1.29, 1.82) is 0 Å². The minimum atomic E-state index is -0.0101. The molecule has 0 heterocycles. The fraction of sp³-hybridized carbons (Fsp3) is 1.00. The predicted molar refractivity (Wildman–Crippen MR) is 42.7 cm³/mol. The zero-order valence-corrected chi connectivity index (χ0v) is 6.66. The third-order valence-electron chi connectivity index (χ3n) is 1.07. The van der Waals surface area contributed by atoms with E-state index in [2.05, 4.69) is 6.92 Å². The Morgan fingerprint density at radius 1 is 1.67 bits per heavy atom. The van der Waals surface area contributed by atoms with Crippen molar-refractivity contribution in [3.63, 3.8) is 0 Å². The number of hydrogen-bond donors (Lipinski definition) is 2. The second-order valence-electron chi connectivity index (χ2n) is 1.93. The van der Waals surface area contributed by atoms with Crippen molar-refractivity contribution in [3.8, 4) is 0 Å². The molecule has 0 saturated heterocycles. The Labute approximate surface area is 60.8 Å². The fourth-order valence-electron chi connectivity index (χ4n) is 0.470. The van der Waals surface area contributed by atoms with Crippen LogP contribution in [-0.4, -0.2) is 29.3 Å². The van der Waals surface area contributed by atoms with E-state index >= 15 is 0 Å². The maximum atomic E-state index is 8.50. The van der Waals surface area contributed by atoms with Crippen molar-refractivity contribution in [1.82, 2.24) is 0 Å². The van der Waals surface area contributed by atoms with Gasteiger partial charge in [0.15, 0.2) is 0 Å². The molecule has 56 valence electrons. The van der Waals surface area contributed by atoms with E-state index in [9.17, 15) is 0 Å². The molecule has 0 aliphatic carbocycles. The number of thioether (sulfide) groups is 1. The molecule has 0 aliphatic rings. The minimum Gasteiger partial charge on any atom is -0.395 e. The molecule has 0 aromatic carbocycles. The van der Waals surface area contributed by atoms with Gasteiger partial charge in [-0.1, -0.05) is 6.92 Å². The lowest BCUT2D eigenvalue weighted by atomic mass is 10.3. The van der Waals surface area contributed by atoms with Crippen LogP contribution in [0.25, 0.3) is 0 Å². The van der Waals surface area contributed by atoms with Crippen LogP contribution in [0.5, 0.6) is 0 Å². The van der Waals surface area contributed by atoms with Crippen LogP contribution >= 0.6 is 11.8 Å². The number of aliphatic hydroxyl groups excluding tert-OH is 1. The van der Waals surface area contributed by atoms with Gasteiger partial charge in [0.05, 0.1) is 6.61 Å². The SMILES string of the molecule is CCSCC[C@H](N)CO. The van der Waals surface area contributed by atoms with Crippen LogP contribution in [0.1, 0.15) is 13.3 Å². The van der Waals surface area contributed by atoms with Gasteiger partial charge in [0.2, 0.25) is 0 Å². The first-order chi connectivity index (χ1) is 4.31. The van der Waals surface area contributed by atoms with Crippen molar-refractivity contribution in [2.45, 2.75) is 19.4 Å². The Balaban J connectivity index is 2.88. The number of aliphatic hydroxyl groups is 1. The van der Waals surface area contributed by atoms with Crippen molar-refractivity contribution in [2.75, 3.05) is 18.1 Å². The van der Waals surface area contributed by atoms with Gasteiger partial charge in [-0.25, -0.2) is 0 Å². The summed E-state index contributed by atoms with van der Waals surface area (Å²) in [5, 5.41) is 8.50. The first kappa shape index (κ1) is 9.27. The molecule has 0 unspecified atom stereocenters. The number of nitrogens with two attached hydrogens (primary N) is 1. The summed E-state index contributed by atoms with van der Waals surface area (Å²) in [6.07, 6.45) is 0.926. The molecule has 0 radical (unpaired) electrons. The van der Waals surface area contributed by atoms with Gasteiger partial charge < -0.3 is 10.8 Å². The molecule has 0 amide bonds. The van der Waals surface area contributed by atoms with Gasteiger partial charge in [0.1, 0.15) is 0 Å². The van der Waals surface area contributed by atoms with E-state index in [4.69, 9.17) is 10.8 Å². The Hall–Kier alpha value is 0.270. The monoisotopic (exact) mass is 149 g/mol. The number of rotatable bonds is 5. The lowest BCUT2D eigenvalue weighted by molar-refractivity contribution is 0.264. The predicted octanol–water partition coefficient (Wildman–Crippen LogP) is 0.449. The molecule has 0 rings (SSSR count). The van der Waals surface area contributed by atoms with Crippen LogP contribution in [0.15, 0.2) is 0 Å². The van der Waals surface area contributed by atoms with Crippen LogP contribution in [0.2, 0.25) is 0 Å². The van der Waals surface area contributed by atoms with E-state index in [-0.39, 0.29) is 12.6 Å². The number of hydrogen-bond acceptors (Lipinski definition) is 3. The minimum absolute atomic E-state index is 0.0101. The van der Waals surface area contributed by atoms with E-state index in [0.29, 0.717) is 0 Å². The van der Waals surface area contributed by atoms with Crippen molar-refractivity contribution in [3.05, 3.63) is 0 Å². The van der Waals surface area contributed by atoms with Crippen LogP contribution in [0.4, 0.5) is 0 Å². The van der Waals surface area contributed by atoms with Gasteiger partial charge in [0, 0.05) is 6.04 Å². The molecule has 3 N–H and O–H groups in total. The third-order valence-corrected chi connectivity index (χ3v) is 2.00. The topological polar surface area (TPSA) is 46.2 Å². The van der Waals surface area contributed by atoms with Gasteiger partial charge in [-0.2, -0.15) is 11.8 Å². The van der Waals surface area contributed by atoms with Crippen LogP contribution in [0, 0.1) is 0 Å². The second-order valence-corrected chi connectivity index (χ2v) is 3.32. The molecular formula is C6H15NOS.